The fraction of sp³-hybridized carbons (Fsp3) is 0.786. The Labute approximate surface area is 125 Å². The van der Waals surface area contributed by atoms with Crippen molar-refractivity contribution in [1.29, 1.82) is 0 Å². The fourth-order valence-electron chi connectivity index (χ4n) is 1.43. The Morgan fingerprint density at radius 3 is 2.16 bits per heavy atom. The van der Waals surface area contributed by atoms with Gasteiger partial charge in [0.25, 0.3) is 0 Å². The summed E-state index contributed by atoms with van der Waals surface area (Å²) in [6.45, 7) is 17.4. The summed E-state index contributed by atoms with van der Waals surface area (Å²) in [5.74, 6) is 0. The smallest absolute Gasteiger partial charge is 0.410 e. The van der Waals surface area contributed by atoms with E-state index in [9.17, 15) is 4.79 Å². The highest BCUT2D eigenvalue weighted by Gasteiger charge is 2.30. The molecule has 0 aromatic heterocycles. The molecule has 0 aliphatic rings. The van der Waals surface area contributed by atoms with Gasteiger partial charge in [0.15, 0.2) is 0 Å². The number of nitrogens with zero attached hydrogens (tertiary/aromatic N) is 1. The molecular weight excluding hydrogens is 308 g/mol. The molecule has 0 rings (SSSR count). The van der Waals surface area contributed by atoms with E-state index in [1.54, 1.807) is 4.90 Å². The van der Waals surface area contributed by atoms with Gasteiger partial charge in [-0.15, -0.1) is 0 Å². The van der Waals surface area contributed by atoms with E-state index in [0.29, 0.717) is 19.6 Å². The maximum atomic E-state index is 12.2. The Hall–Kier alpha value is -0.550. The molecule has 0 spiro atoms. The number of carbonyl (C=O) groups is 1. The molecule has 112 valence electrons. The van der Waals surface area contributed by atoms with E-state index in [1.165, 1.54) is 0 Å². The summed E-state index contributed by atoms with van der Waals surface area (Å²) in [6, 6.07) is 0. The molecule has 19 heavy (non-hydrogen) atoms. The zero-order valence-corrected chi connectivity index (χ0v) is 14.6. The van der Waals surface area contributed by atoms with Gasteiger partial charge in [0.1, 0.15) is 5.60 Å². The summed E-state index contributed by atoms with van der Waals surface area (Å²) < 4.78 is 6.33. The quantitative estimate of drug-likeness (QED) is 0.782. The number of hydrogen-bond acceptors (Lipinski definition) is 3. The van der Waals surface area contributed by atoms with Gasteiger partial charge < -0.3 is 15.0 Å². The Morgan fingerprint density at radius 1 is 1.26 bits per heavy atom. The van der Waals surface area contributed by atoms with Gasteiger partial charge in [-0.2, -0.15) is 0 Å². The van der Waals surface area contributed by atoms with Gasteiger partial charge in [-0.3, -0.25) is 0 Å². The summed E-state index contributed by atoms with van der Waals surface area (Å²) in [7, 11) is 0. The molecule has 0 aromatic rings. The Morgan fingerprint density at radius 2 is 1.79 bits per heavy atom. The average molecular weight is 335 g/mol. The molecule has 0 saturated carbocycles. The van der Waals surface area contributed by atoms with Crippen molar-refractivity contribution in [3.8, 4) is 0 Å². The molecule has 0 bridgehead atoms. The second kappa shape index (κ2) is 7.29. The topological polar surface area (TPSA) is 41.6 Å². The van der Waals surface area contributed by atoms with Crippen LogP contribution in [0.15, 0.2) is 11.1 Å². The lowest BCUT2D eigenvalue weighted by Gasteiger charge is -2.36. The standard InChI is InChI=1S/C14H27BrN2O2/c1-11(15)10-16-8-9-17(13(2,3)4)12(18)19-14(5,6)7/h16H,1,8-10H2,2-7H3. The summed E-state index contributed by atoms with van der Waals surface area (Å²) >= 11 is 3.29. The second-order valence-corrected chi connectivity index (χ2v) is 7.62. The maximum Gasteiger partial charge on any atom is 0.410 e. The third-order valence-electron chi connectivity index (χ3n) is 2.25. The third-order valence-corrected chi connectivity index (χ3v) is 2.53. The molecular formula is C14H27BrN2O2. The van der Waals surface area contributed by atoms with Crippen molar-refractivity contribution in [3.05, 3.63) is 11.1 Å². The normalized spacial score (nSPS) is 12.2. The average Bonchev–Trinajstić information content (AvgIpc) is 2.11. The van der Waals surface area contributed by atoms with Crippen LogP contribution in [0.2, 0.25) is 0 Å². The van der Waals surface area contributed by atoms with Gasteiger partial charge in [-0.25, -0.2) is 4.79 Å². The Bertz CT molecular complexity index is 316. The SMILES string of the molecule is C=C(Br)CNCCN(C(=O)OC(C)(C)C)C(C)(C)C. The van der Waals surface area contributed by atoms with E-state index in [0.717, 1.165) is 4.48 Å². The Balaban J connectivity index is 4.49. The van der Waals surface area contributed by atoms with Crippen molar-refractivity contribution in [3.63, 3.8) is 0 Å². The lowest BCUT2D eigenvalue weighted by atomic mass is 10.1. The molecule has 0 fully saturated rings. The largest absolute Gasteiger partial charge is 0.444 e. The minimum Gasteiger partial charge on any atom is -0.444 e. The predicted octanol–water partition coefficient (Wildman–Crippen LogP) is 3.52. The first kappa shape index (κ1) is 18.4. The van der Waals surface area contributed by atoms with Crippen LogP contribution >= 0.6 is 15.9 Å². The van der Waals surface area contributed by atoms with Crippen LogP contribution in [0.25, 0.3) is 0 Å². The van der Waals surface area contributed by atoms with Gasteiger partial charge >= 0.3 is 6.09 Å². The van der Waals surface area contributed by atoms with Crippen molar-refractivity contribution in [2.24, 2.45) is 0 Å². The first-order valence-electron chi connectivity index (χ1n) is 6.48. The van der Waals surface area contributed by atoms with Gasteiger partial charge in [-0.1, -0.05) is 22.5 Å². The monoisotopic (exact) mass is 334 g/mol. The van der Waals surface area contributed by atoms with Gasteiger partial charge in [0.05, 0.1) is 0 Å². The summed E-state index contributed by atoms with van der Waals surface area (Å²) in [6.07, 6.45) is -0.278. The van der Waals surface area contributed by atoms with Crippen molar-refractivity contribution in [1.82, 2.24) is 10.2 Å². The van der Waals surface area contributed by atoms with Crippen molar-refractivity contribution >= 4 is 22.0 Å². The lowest BCUT2D eigenvalue weighted by molar-refractivity contribution is 0.00671. The molecule has 0 saturated heterocycles. The molecule has 0 aromatic carbocycles. The highest BCUT2D eigenvalue weighted by molar-refractivity contribution is 9.11. The van der Waals surface area contributed by atoms with Crippen LogP contribution in [0.1, 0.15) is 41.5 Å². The number of hydrogen-bond donors (Lipinski definition) is 1. The van der Waals surface area contributed by atoms with Crippen LogP contribution < -0.4 is 5.32 Å². The van der Waals surface area contributed by atoms with Crippen LogP contribution in [0.5, 0.6) is 0 Å². The number of carbonyl (C=O) groups excluding carboxylic acids is 1. The van der Waals surface area contributed by atoms with Crippen LogP contribution in [-0.4, -0.2) is 41.8 Å². The number of ether oxygens (including phenoxy) is 1. The van der Waals surface area contributed by atoms with Crippen molar-refractivity contribution in [2.45, 2.75) is 52.7 Å². The van der Waals surface area contributed by atoms with Crippen LogP contribution in [-0.2, 0) is 4.74 Å². The van der Waals surface area contributed by atoms with Crippen LogP contribution in [0.4, 0.5) is 4.79 Å². The minimum atomic E-state index is -0.474. The molecule has 0 radical (unpaired) electrons. The molecule has 0 atom stereocenters. The van der Waals surface area contributed by atoms with Gasteiger partial charge in [0, 0.05) is 29.7 Å². The summed E-state index contributed by atoms with van der Waals surface area (Å²) in [5, 5.41) is 3.21. The maximum absolute atomic E-state index is 12.2. The van der Waals surface area contributed by atoms with E-state index >= 15 is 0 Å². The molecule has 0 aliphatic carbocycles. The zero-order valence-electron chi connectivity index (χ0n) is 13.0. The third kappa shape index (κ3) is 9.05. The molecule has 4 nitrogen and oxygen atoms in total. The summed E-state index contributed by atoms with van der Waals surface area (Å²) in [5.41, 5.74) is -0.742. The number of halogens is 1. The number of amides is 1. The van der Waals surface area contributed by atoms with E-state index in [1.807, 2.05) is 41.5 Å². The minimum absolute atomic E-state index is 0.268. The molecule has 0 aliphatic heterocycles. The van der Waals surface area contributed by atoms with E-state index in [4.69, 9.17) is 4.74 Å². The van der Waals surface area contributed by atoms with Crippen molar-refractivity contribution < 1.29 is 9.53 Å². The Kier molecular flexibility index (Phi) is 7.08. The van der Waals surface area contributed by atoms with E-state index < -0.39 is 5.60 Å². The van der Waals surface area contributed by atoms with Crippen LogP contribution in [0.3, 0.4) is 0 Å². The summed E-state index contributed by atoms with van der Waals surface area (Å²) in [4.78, 5) is 13.9. The van der Waals surface area contributed by atoms with Gasteiger partial charge in [-0.05, 0) is 41.5 Å². The predicted molar refractivity (Wildman–Crippen MR) is 83.6 cm³/mol. The molecule has 1 amide bonds. The van der Waals surface area contributed by atoms with Crippen LogP contribution in [0, 0.1) is 0 Å². The zero-order chi connectivity index (χ0) is 15.3. The highest BCUT2D eigenvalue weighted by atomic mass is 79.9. The van der Waals surface area contributed by atoms with Gasteiger partial charge in [0.2, 0.25) is 0 Å². The molecule has 1 N–H and O–H groups in total. The number of rotatable bonds is 5. The fourth-order valence-corrected chi connectivity index (χ4v) is 1.63. The second-order valence-electron chi connectivity index (χ2n) is 6.50. The van der Waals surface area contributed by atoms with Crippen molar-refractivity contribution in [2.75, 3.05) is 19.6 Å². The van der Waals surface area contributed by atoms with E-state index in [-0.39, 0.29) is 11.6 Å². The highest BCUT2D eigenvalue weighted by Crippen LogP contribution is 2.17. The number of nitrogens with one attached hydrogen (secondary N) is 1. The molecule has 0 unspecified atom stereocenters. The molecule has 0 heterocycles. The first-order chi connectivity index (χ1) is 8.43. The lowest BCUT2D eigenvalue weighted by Crippen LogP contribution is -2.50. The van der Waals surface area contributed by atoms with E-state index in [2.05, 4.69) is 27.8 Å². The molecule has 5 heteroatoms. The first-order valence-corrected chi connectivity index (χ1v) is 7.27.